The first-order valence-electron chi connectivity index (χ1n) is 7.10. The third-order valence-electron chi connectivity index (χ3n) is 4.66. The highest BCUT2D eigenvalue weighted by Crippen LogP contribution is 2.30. The Balaban J connectivity index is 2.73. The summed E-state index contributed by atoms with van der Waals surface area (Å²) in [6, 6.07) is 0.558. The van der Waals surface area contributed by atoms with Gasteiger partial charge in [0.2, 0.25) is 0 Å². The van der Waals surface area contributed by atoms with Gasteiger partial charge in [-0.15, -0.1) is 0 Å². The zero-order valence-corrected chi connectivity index (χ0v) is 12.0. The summed E-state index contributed by atoms with van der Waals surface area (Å²) in [5.74, 6) is 0.739. The molecule has 1 fully saturated rings. The molecule has 1 aliphatic rings. The van der Waals surface area contributed by atoms with Crippen molar-refractivity contribution in [3.8, 4) is 0 Å². The topological polar surface area (TPSA) is 38.5 Å². The van der Waals surface area contributed by atoms with Crippen LogP contribution >= 0.6 is 0 Å². The van der Waals surface area contributed by atoms with Crippen LogP contribution in [0, 0.1) is 5.92 Å². The van der Waals surface area contributed by atoms with Crippen molar-refractivity contribution in [1.82, 2.24) is 4.90 Å². The van der Waals surface area contributed by atoms with Crippen LogP contribution in [0.4, 0.5) is 0 Å². The number of nitrogens with two attached hydrogens (primary N) is 1. The van der Waals surface area contributed by atoms with Gasteiger partial charge in [0.1, 0.15) is 0 Å². The highest BCUT2D eigenvalue weighted by Gasteiger charge is 2.37. The van der Waals surface area contributed by atoms with Crippen molar-refractivity contribution >= 4 is 0 Å². The van der Waals surface area contributed by atoms with Crippen LogP contribution in [0.25, 0.3) is 0 Å². The molecule has 3 nitrogen and oxygen atoms in total. The Morgan fingerprint density at radius 3 is 2.59 bits per heavy atom. The summed E-state index contributed by atoms with van der Waals surface area (Å²) in [5.41, 5.74) is 6.27. The lowest BCUT2D eigenvalue weighted by atomic mass is 9.82. The fourth-order valence-corrected chi connectivity index (χ4v) is 2.92. The number of rotatable bonds is 7. The van der Waals surface area contributed by atoms with E-state index >= 15 is 0 Å². The van der Waals surface area contributed by atoms with Crippen molar-refractivity contribution < 1.29 is 4.74 Å². The van der Waals surface area contributed by atoms with Crippen molar-refractivity contribution in [1.29, 1.82) is 0 Å². The van der Waals surface area contributed by atoms with Gasteiger partial charge in [-0.3, -0.25) is 4.90 Å². The minimum absolute atomic E-state index is 0.161. The number of hydrogen-bond donors (Lipinski definition) is 1. The van der Waals surface area contributed by atoms with Crippen molar-refractivity contribution in [2.45, 2.75) is 58.0 Å². The van der Waals surface area contributed by atoms with Crippen molar-refractivity contribution in [2.24, 2.45) is 11.7 Å². The van der Waals surface area contributed by atoms with E-state index in [1.165, 1.54) is 12.8 Å². The largest absolute Gasteiger partial charge is 0.380 e. The second-order valence-electron chi connectivity index (χ2n) is 5.63. The summed E-state index contributed by atoms with van der Waals surface area (Å²) in [6.45, 7) is 9.39. The predicted molar refractivity (Wildman–Crippen MR) is 73.1 cm³/mol. The Hall–Kier alpha value is -0.120. The zero-order valence-electron chi connectivity index (χ0n) is 12.0. The molecule has 17 heavy (non-hydrogen) atoms. The van der Waals surface area contributed by atoms with Crippen molar-refractivity contribution in [3.63, 3.8) is 0 Å². The molecule has 0 saturated carbocycles. The molecule has 0 aromatic rings. The highest BCUT2D eigenvalue weighted by molar-refractivity contribution is 4.94. The van der Waals surface area contributed by atoms with Crippen molar-refractivity contribution in [3.05, 3.63) is 0 Å². The minimum atomic E-state index is 0.161. The van der Waals surface area contributed by atoms with Crippen LogP contribution in [0.3, 0.4) is 0 Å². The smallest absolute Gasteiger partial charge is 0.0622 e. The molecule has 1 rings (SSSR count). The molecule has 0 amide bonds. The molecular formula is C14H30N2O. The van der Waals surface area contributed by atoms with Crippen LogP contribution in [0.2, 0.25) is 0 Å². The monoisotopic (exact) mass is 242 g/mol. The summed E-state index contributed by atoms with van der Waals surface area (Å²) in [7, 11) is 2.23. The molecule has 3 atom stereocenters. The molecular weight excluding hydrogens is 212 g/mol. The number of ether oxygens (including phenoxy) is 1. The quantitative estimate of drug-likeness (QED) is 0.744. The summed E-state index contributed by atoms with van der Waals surface area (Å²) < 4.78 is 5.51. The Morgan fingerprint density at radius 2 is 2.18 bits per heavy atom. The van der Waals surface area contributed by atoms with Gasteiger partial charge in [-0.2, -0.15) is 0 Å². The second-order valence-corrected chi connectivity index (χ2v) is 5.63. The lowest BCUT2D eigenvalue weighted by Crippen LogP contribution is -2.56. The summed E-state index contributed by atoms with van der Waals surface area (Å²) in [5, 5.41) is 0. The molecule has 1 saturated heterocycles. The Kier molecular flexibility index (Phi) is 5.90. The molecule has 102 valence electrons. The van der Waals surface area contributed by atoms with E-state index in [-0.39, 0.29) is 5.54 Å². The summed E-state index contributed by atoms with van der Waals surface area (Å²) in [6.07, 6.45) is 4.71. The second kappa shape index (κ2) is 6.72. The van der Waals surface area contributed by atoms with E-state index in [1.807, 2.05) is 0 Å². The first kappa shape index (κ1) is 14.9. The van der Waals surface area contributed by atoms with Gasteiger partial charge in [-0.05, 0) is 32.2 Å². The van der Waals surface area contributed by atoms with E-state index in [9.17, 15) is 0 Å². The molecule has 0 spiro atoms. The van der Waals surface area contributed by atoms with E-state index in [2.05, 4.69) is 32.7 Å². The molecule has 0 radical (unpaired) electrons. The van der Waals surface area contributed by atoms with Gasteiger partial charge in [-0.1, -0.05) is 27.2 Å². The first-order valence-corrected chi connectivity index (χ1v) is 7.10. The van der Waals surface area contributed by atoms with Crippen LogP contribution in [0.15, 0.2) is 0 Å². The van der Waals surface area contributed by atoms with Gasteiger partial charge in [0.15, 0.2) is 0 Å². The Bertz CT molecular complexity index is 210. The van der Waals surface area contributed by atoms with Gasteiger partial charge < -0.3 is 10.5 Å². The van der Waals surface area contributed by atoms with Crippen molar-refractivity contribution in [2.75, 3.05) is 26.8 Å². The lowest BCUT2D eigenvalue weighted by Gasteiger charge is -2.45. The molecule has 3 heteroatoms. The van der Waals surface area contributed by atoms with Crippen LogP contribution in [-0.2, 0) is 4.74 Å². The molecule has 0 aromatic carbocycles. The van der Waals surface area contributed by atoms with Crippen LogP contribution in [0.1, 0.15) is 46.5 Å². The maximum atomic E-state index is 6.11. The molecule has 0 bridgehead atoms. The molecule has 1 aliphatic heterocycles. The van der Waals surface area contributed by atoms with Gasteiger partial charge in [-0.25, -0.2) is 0 Å². The van der Waals surface area contributed by atoms with Gasteiger partial charge in [0.25, 0.3) is 0 Å². The average Bonchev–Trinajstić information content (AvgIpc) is 2.88. The van der Waals surface area contributed by atoms with Gasteiger partial charge in [0, 0.05) is 24.7 Å². The number of likely N-dealkylation sites (N-methyl/N-ethyl adjacent to an activating group) is 1. The number of hydrogen-bond acceptors (Lipinski definition) is 3. The van der Waals surface area contributed by atoms with Crippen LogP contribution in [-0.4, -0.2) is 43.3 Å². The predicted octanol–water partition coefficient (Wildman–Crippen LogP) is 2.25. The molecule has 3 unspecified atom stereocenters. The van der Waals surface area contributed by atoms with E-state index in [4.69, 9.17) is 10.5 Å². The third kappa shape index (κ3) is 3.43. The van der Waals surface area contributed by atoms with E-state index in [0.29, 0.717) is 6.04 Å². The molecule has 1 heterocycles. The maximum Gasteiger partial charge on any atom is 0.0622 e. The first-order chi connectivity index (χ1) is 8.09. The van der Waals surface area contributed by atoms with Crippen LogP contribution < -0.4 is 5.73 Å². The summed E-state index contributed by atoms with van der Waals surface area (Å²) >= 11 is 0. The Morgan fingerprint density at radius 1 is 1.47 bits per heavy atom. The number of nitrogens with zero attached hydrogens (tertiary/aromatic N) is 1. The summed E-state index contributed by atoms with van der Waals surface area (Å²) in [4.78, 5) is 2.51. The van der Waals surface area contributed by atoms with E-state index in [0.717, 1.165) is 38.5 Å². The molecule has 0 aliphatic carbocycles. The average molecular weight is 242 g/mol. The highest BCUT2D eigenvalue weighted by atomic mass is 16.5. The third-order valence-corrected chi connectivity index (χ3v) is 4.66. The van der Waals surface area contributed by atoms with Gasteiger partial charge >= 0.3 is 0 Å². The SMILES string of the molecule is CCC(C)CC(CC)(CN)N(C)C1CCOC1. The normalized spacial score (nSPS) is 26.1. The van der Waals surface area contributed by atoms with E-state index in [1.54, 1.807) is 0 Å². The minimum Gasteiger partial charge on any atom is -0.380 e. The zero-order chi connectivity index (χ0) is 12.9. The van der Waals surface area contributed by atoms with E-state index < -0.39 is 0 Å². The molecule has 2 N–H and O–H groups in total. The lowest BCUT2D eigenvalue weighted by molar-refractivity contribution is 0.0445. The van der Waals surface area contributed by atoms with Gasteiger partial charge in [0.05, 0.1) is 6.61 Å². The Labute approximate surface area is 107 Å². The molecule has 0 aromatic heterocycles. The fourth-order valence-electron chi connectivity index (χ4n) is 2.92. The maximum absolute atomic E-state index is 6.11. The van der Waals surface area contributed by atoms with Crippen LogP contribution in [0.5, 0.6) is 0 Å². The fraction of sp³-hybridized carbons (Fsp3) is 1.00. The standard InChI is InChI=1S/C14H30N2O/c1-5-12(3)9-14(6-2,11-15)16(4)13-7-8-17-10-13/h12-13H,5-11,15H2,1-4H3.